The fourth-order valence-electron chi connectivity index (χ4n) is 3.19. The van der Waals surface area contributed by atoms with E-state index in [0.29, 0.717) is 0 Å². The second kappa shape index (κ2) is 6.85. The van der Waals surface area contributed by atoms with Crippen molar-refractivity contribution in [3.63, 3.8) is 0 Å². The Labute approximate surface area is 129 Å². The van der Waals surface area contributed by atoms with Gasteiger partial charge in [-0.15, -0.1) is 0 Å². The lowest BCUT2D eigenvalue weighted by molar-refractivity contribution is 0.0704. The highest BCUT2D eigenvalue weighted by atomic mass is 79.9. The first kappa shape index (κ1) is 15.7. The van der Waals surface area contributed by atoms with E-state index >= 15 is 0 Å². The molecule has 2 heterocycles. The summed E-state index contributed by atoms with van der Waals surface area (Å²) in [6, 6.07) is 0. The molecule has 0 spiro atoms. The summed E-state index contributed by atoms with van der Waals surface area (Å²) in [7, 11) is 0. The second-order valence-corrected chi connectivity index (χ2v) is 6.56. The number of aryl methyl sites for hydroxylation is 1. The van der Waals surface area contributed by atoms with Crippen LogP contribution >= 0.6 is 15.9 Å². The molecule has 1 aromatic rings. The predicted octanol–water partition coefficient (Wildman–Crippen LogP) is 3.41. The van der Waals surface area contributed by atoms with Crippen LogP contribution in [0.4, 0.5) is 0 Å². The molecule has 0 radical (unpaired) electrons. The molecule has 1 aromatic heterocycles. The van der Waals surface area contributed by atoms with Gasteiger partial charge >= 0.3 is 0 Å². The number of hydrogen-bond acceptors (Lipinski definition) is 3. The van der Waals surface area contributed by atoms with Crippen molar-refractivity contribution in [2.75, 3.05) is 13.1 Å². The third-order valence-electron chi connectivity index (χ3n) is 4.13. The van der Waals surface area contributed by atoms with E-state index in [2.05, 4.69) is 40.2 Å². The Kier molecular flexibility index (Phi) is 5.38. The first-order valence-electron chi connectivity index (χ1n) is 7.61. The third kappa shape index (κ3) is 2.98. The Morgan fingerprint density at radius 2 is 2.30 bits per heavy atom. The predicted molar refractivity (Wildman–Crippen MR) is 84.0 cm³/mol. The fourth-order valence-corrected chi connectivity index (χ4v) is 3.66. The van der Waals surface area contributed by atoms with Crippen molar-refractivity contribution >= 4 is 21.7 Å². The molecule has 0 bridgehead atoms. The van der Waals surface area contributed by atoms with Gasteiger partial charge in [-0.05, 0) is 48.2 Å². The van der Waals surface area contributed by atoms with Crippen LogP contribution in [0.25, 0.3) is 0 Å². The number of piperidine rings is 1. The molecular formula is C15H24BrN3O. The summed E-state index contributed by atoms with van der Waals surface area (Å²) >= 11 is 3.51. The van der Waals surface area contributed by atoms with Gasteiger partial charge in [0.1, 0.15) is 5.69 Å². The molecule has 0 aromatic carbocycles. The van der Waals surface area contributed by atoms with E-state index in [0.717, 1.165) is 61.9 Å². The average molecular weight is 342 g/mol. The van der Waals surface area contributed by atoms with Gasteiger partial charge in [0, 0.05) is 18.5 Å². The van der Waals surface area contributed by atoms with Gasteiger partial charge < -0.3 is 5.32 Å². The van der Waals surface area contributed by atoms with Crippen LogP contribution in [0.2, 0.25) is 0 Å². The number of carbonyl (C=O) groups excluding carboxylic acids is 1. The van der Waals surface area contributed by atoms with Crippen molar-refractivity contribution in [1.82, 2.24) is 15.1 Å². The van der Waals surface area contributed by atoms with Gasteiger partial charge in [-0.3, -0.25) is 9.48 Å². The van der Waals surface area contributed by atoms with Gasteiger partial charge in [0.05, 0.1) is 10.7 Å². The highest BCUT2D eigenvalue weighted by Gasteiger charge is 2.41. The van der Waals surface area contributed by atoms with E-state index in [9.17, 15) is 4.79 Å². The maximum absolute atomic E-state index is 13.2. The van der Waals surface area contributed by atoms with E-state index in [-0.39, 0.29) is 11.2 Å². The standard InChI is InChI=1S/C15H24BrN3O/c1-3-6-15(7-5-8-17-11-15)14(20)13-12(16)10-18-19(13)9-4-2/h10,17H,3-9,11H2,1-2H3. The molecule has 0 saturated carbocycles. The lowest BCUT2D eigenvalue weighted by Crippen LogP contribution is -2.46. The van der Waals surface area contributed by atoms with Crippen LogP contribution in [-0.4, -0.2) is 28.7 Å². The Balaban J connectivity index is 2.34. The van der Waals surface area contributed by atoms with Gasteiger partial charge in [0.2, 0.25) is 0 Å². The summed E-state index contributed by atoms with van der Waals surface area (Å²) in [6.45, 7) is 6.87. The SMILES string of the molecule is CCCn1ncc(Br)c1C(=O)C1(CCC)CCCNC1. The normalized spacial score (nSPS) is 22.9. The van der Waals surface area contributed by atoms with Crippen LogP contribution < -0.4 is 5.32 Å². The topological polar surface area (TPSA) is 46.9 Å². The van der Waals surface area contributed by atoms with E-state index in [1.54, 1.807) is 6.20 Å². The Morgan fingerprint density at radius 3 is 2.90 bits per heavy atom. The number of halogens is 1. The fraction of sp³-hybridized carbons (Fsp3) is 0.733. The van der Waals surface area contributed by atoms with Gasteiger partial charge in [-0.2, -0.15) is 5.10 Å². The van der Waals surface area contributed by atoms with Crippen molar-refractivity contribution in [2.45, 2.75) is 52.5 Å². The molecule has 2 rings (SSSR count). The molecule has 5 heteroatoms. The summed E-state index contributed by atoms with van der Waals surface area (Å²) in [5.41, 5.74) is 0.505. The monoisotopic (exact) mass is 341 g/mol. The molecule has 0 amide bonds. The maximum Gasteiger partial charge on any atom is 0.189 e. The van der Waals surface area contributed by atoms with Crippen LogP contribution in [0.3, 0.4) is 0 Å². The van der Waals surface area contributed by atoms with Crippen LogP contribution in [0, 0.1) is 5.41 Å². The minimum Gasteiger partial charge on any atom is -0.316 e. The molecule has 1 N–H and O–H groups in total. The molecule has 20 heavy (non-hydrogen) atoms. The minimum atomic E-state index is -0.249. The molecule has 4 nitrogen and oxygen atoms in total. The zero-order chi connectivity index (χ0) is 14.6. The van der Waals surface area contributed by atoms with Crippen molar-refractivity contribution in [1.29, 1.82) is 0 Å². The zero-order valence-corrected chi connectivity index (χ0v) is 14.0. The molecule has 1 aliphatic rings. The second-order valence-electron chi connectivity index (χ2n) is 5.70. The first-order valence-corrected chi connectivity index (χ1v) is 8.40. The van der Waals surface area contributed by atoms with E-state index in [1.807, 2.05) is 4.68 Å². The van der Waals surface area contributed by atoms with Crippen molar-refractivity contribution < 1.29 is 4.79 Å². The van der Waals surface area contributed by atoms with Gasteiger partial charge in [-0.1, -0.05) is 20.3 Å². The van der Waals surface area contributed by atoms with E-state index < -0.39 is 0 Å². The van der Waals surface area contributed by atoms with Crippen molar-refractivity contribution in [2.24, 2.45) is 5.41 Å². The average Bonchev–Trinajstić information content (AvgIpc) is 2.81. The van der Waals surface area contributed by atoms with Gasteiger partial charge in [0.15, 0.2) is 5.78 Å². The quantitative estimate of drug-likeness (QED) is 0.806. The van der Waals surface area contributed by atoms with Crippen molar-refractivity contribution in [3.05, 3.63) is 16.4 Å². The van der Waals surface area contributed by atoms with E-state index in [1.165, 1.54) is 0 Å². The lowest BCUT2D eigenvalue weighted by atomic mass is 9.72. The van der Waals surface area contributed by atoms with Crippen LogP contribution in [0.5, 0.6) is 0 Å². The zero-order valence-electron chi connectivity index (χ0n) is 12.4. The molecule has 0 aliphatic carbocycles. The molecule has 1 atom stereocenters. The summed E-state index contributed by atoms with van der Waals surface area (Å²) in [4.78, 5) is 13.2. The third-order valence-corrected chi connectivity index (χ3v) is 4.71. The van der Waals surface area contributed by atoms with E-state index in [4.69, 9.17) is 0 Å². The number of nitrogens with one attached hydrogen (secondary N) is 1. The smallest absolute Gasteiger partial charge is 0.189 e. The van der Waals surface area contributed by atoms with Gasteiger partial charge in [-0.25, -0.2) is 0 Å². The maximum atomic E-state index is 13.2. The number of rotatable bonds is 6. The number of Topliss-reactive ketones (excluding diaryl/α,β-unsaturated/α-hetero) is 1. The molecule has 112 valence electrons. The number of aromatic nitrogens is 2. The molecular weight excluding hydrogens is 318 g/mol. The summed E-state index contributed by atoms with van der Waals surface area (Å²) in [5, 5.41) is 7.75. The summed E-state index contributed by atoms with van der Waals surface area (Å²) < 4.78 is 2.69. The summed E-state index contributed by atoms with van der Waals surface area (Å²) in [6.07, 6.45) is 6.77. The minimum absolute atomic E-state index is 0.249. The van der Waals surface area contributed by atoms with Crippen LogP contribution in [0.15, 0.2) is 10.7 Å². The highest BCUT2D eigenvalue weighted by Crippen LogP contribution is 2.37. The first-order chi connectivity index (χ1) is 9.64. The Hall–Kier alpha value is -0.680. The van der Waals surface area contributed by atoms with Crippen LogP contribution in [0.1, 0.15) is 56.4 Å². The lowest BCUT2D eigenvalue weighted by Gasteiger charge is -2.36. The number of nitrogens with zero attached hydrogens (tertiary/aromatic N) is 2. The highest BCUT2D eigenvalue weighted by molar-refractivity contribution is 9.10. The number of ketones is 1. The molecule has 1 fully saturated rings. The number of hydrogen-bond donors (Lipinski definition) is 1. The van der Waals surface area contributed by atoms with Crippen LogP contribution in [-0.2, 0) is 6.54 Å². The summed E-state index contributed by atoms with van der Waals surface area (Å²) in [5.74, 6) is 0.254. The Morgan fingerprint density at radius 1 is 1.50 bits per heavy atom. The van der Waals surface area contributed by atoms with Gasteiger partial charge in [0.25, 0.3) is 0 Å². The number of carbonyl (C=O) groups is 1. The molecule has 1 saturated heterocycles. The largest absolute Gasteiger partial charge is 0.316 e. The van der Waals surface area contributed by atoms with Crippen molar-refractivity contribution in [3.8, 4) is 0 Å². The molecule has 1 unspecified atom stereocenters. The molecule has 1 aliphatic heterocycles. The Bertz CT molecular complexity index is 458.